The van der Waals surface area contributed by atoms with Crippen molar-refractivity contribution in [2.24, 2.45) is 0 Å². The van der Waals surface area contributed by atoms with E-state index in [1.807, 2.05) is 24.1 Å². The molecule has 0 unspecified atom stereocenters. The molecule has 2 rings (SSSR count). The molecule has 1 heterocycles. The summed E-state index contributed by atoms with van der Waals surface area (Å²) < 4.78 is 0. The van der Waals surface area contributed by atoms with Gasteiger partial charge in [0.2, 0.25) is 5.28 Å². The van der Waals surface area contributed by atoms with Crippen molar-refractivity contribution in [1.82, 2.24) is 9.97 Å². The van der Waals surface area contributed by atoms with Crippen LogP contribution in [0, 0.1) is 0 Å². The van der Waals surface area contributed by atoms with Gasteiger partial charge < -0.3 is 4.90 Å². The summed E-state index contributed by atoms with van der Waals surface area (Å²) in [4.78, 5) is 9.85. The number of nitrogens with zero attached hydrogens (tertiary/aromatic N) is 3. The summed E-state index contributed by atoms with van der Waals surface area (Å²) >= 11 is 11.5. The zero-order valence-electron chi connectivity index (χ0n) is 8.11. The Morgan fingerprint density at radius 3 is 2.73 bits per heavy atom. The Morgan fingerprint density at radius 1 is 1.33 bits per heavy atom. The molecule has 3 nitrogen and oxygen atoms in total. The third kappa shape index (κ3) is 2.30. The maximum Gasteiger partial charge on any atom is 0.225 e. The molecule has 1 aliphatic rings. The lowest BCUT2D eigenvalue weighted by Crippen LogP contribution is -2.16. The number of rotatable bonds is 2. The van der Waals surface area contributed by atoms with E-state index < -0.39 is 0 Å². The highest BCUT2D eigenvalue weighted by molar-refractivity contribution is 6.32. The molecule has 1 aliphatic carbocycles. The molecule has 0 spiro atoms. The standard InChI is InChI=1S/C10H9Cl2N3/c1-15(7-4-2-3-5-7)9-6-8(11)13-10(12)14-9/h2-4,6H,5H2,1H3. The van der Waals surface area contributed by atoms with Crippen LogP contribution in [0.1, 0.15) is 6.42 Å². The molecule has 0 saturated heterocycles. The van der Waals surface area contributed by atoms with Crippen molar-refractivity contribution >= 4 is 29.0 Å². The highest BCUT2D eigenvalue weighted by Crippen LogP contribution is 2.23. The highest BCUT2D eigenvalue weighted by Gasteiger charge is 2.11. The first kappa shape index (κ1) is 10.5. The van der Waals surface area contributed by atoms with Crippen molar-refractivity contribution in [3.05, 3.63) is 40.4 Å². The molecule has 78 valence electrons. The van der Waals surface area contributed by atoms with Crippen LogP contribution in [0.2, 0.25) is 10.4 Å². The van der Waals surface area contributed by atoms with Gasteiger partial charge in [0.25, 0.3) is 0 Å². The quantitative estimate of drug-likeness (QED) is 0.589. The molecule has 0 N–H and O–H groups in total. The Kier molecular flexibility index (Phi) is 2.93. The fourth-order valence-corrected chi connectivity index (χ4v) is 1.78. The van der Waals surface area contributed by atoms with Crippen LogP contribution in [0.3, 0.4) is 0 Å². The molecular weight excluding hydrogens is 233 g/mol. The van der Waals surface area contributed by atoms with Gasteiger partial charge in [0.1, 0.15) is 11.0 Å². The molecule has 0 saturated carbocycles. The van der Waals surface area contributed by atoms with E-state index in [0.717, 1.165) is 12.1 Å². The second-order valence-electron chi connectivity index (χ2n) is 3.17. The minimum Gasteiger partial charge on any atom is -0.333 e. The van der Waals surface area contributed by atoms with Gasteiger partial charge in [-0.1, -0.05) is 23.8 Å². The van der Waals surface area contributed by atoms with E-state index in [1.54, 1.807) is 6.07 Å². The molecule has 0 amide bonds. The summed E-state index contributed by atoms with van der Waals surface area (Å²) in [6.45, 7) is 0. The Morgan fingerprint density at radius 2 is 2.13 bits per heavy atom. The molecule has 1 aromatic rings. The number of allylic oxidation sites excluding steroid dienone is 3. The van der Waals surface area contributed by atoms with Crippen molar-refractivity contribution in [3.8, 4) is 0 Å². The highest BCUT2D eigenvalue weighted by atomic mass is 35.5. The van der Waals surface area contributed by atoms with Gasteiger partial charge in [0, 0.05) is 25.2 Å². The fourth-order valence-electron chi connectivity index (χ4n) is 1.38. The van der Waals surface area contributed by atoms with Gasteiger partial charge in [-0.25, -0.2) is 9.97 Å². The van der Waals surface area contributed by atoms with Crippen molar-refractivity contribution in [3.63, 3.8) is 0 Å². The number of hydrogen-bond acceptors (Lipinski definition) is 3. The van der Waals surface area contributed by atoms with Crippen LogP contribution in [0.5, 0.6) is 0 Å². The van der Waals surface area contributed by atoms with E-state index in [-0.39, 0.29) is 5.28 Å². The number of anilines is 1. The minimum absolute atomic E-state index is 0.163. The predicted molar refractivity (Wildman–Crippen MR) is 62.3 cm³/mol. The third-order valence-corrected chi connectivity index (χ3v) is 2.54. The lowest BCUT2D eigenvalue weighted by molar-refractivity contribution is 0.993. The van der Waals surface area contributed by atoms with Gasteiger partial charge in [-0.15, -0.1) is 0 Å². The van der Waals surface area contributed by atoms with Crippen LogP contribution < -0.4 is 4.90 Å². The van der Waals surface area contributed by atoms with E-state index in [2.05, 4.69) is 16.0 Å². The number of aromatic nitrogens is 2. The molecule has 1 aromatic heterocycles. The summed E-state index contributed by atoms with van der Waals surface area (Å²) in [6, 6.07) is 1.69. The van der Waals surface area contributed by atoms with Gasteiger partial charge in [-0.3, -0.25) is 0 Å². The molecule has 0 aromatic carbocycles. The monoisotopic (exact) mass is 241 g/mol. The van der Waals surface area contributed by atoms with Crippen molar-refractivity contribution in [1.29, 1.82) is 0 Å². The SMILES string of the molecule is CN(C1=CC=CC1)c1cc(Cl)nc(Cl)n1. The molecule has 15 heavy (non-hydrogen) atoms. The molecule has 0 radical (unpaired) electrons. The van der Waals surface area contributed by atoms with Crippen molar-refractivity contribution in [2.45, 2.75) is 6.42 Å². The Bertz CT molecular complexity index is 420. The second kappa shape index (κ2) is 4.21. The van der Waals surface area contributed by atoms with Gasteiger partial charge in [-0.05, 0) is 17.7 Å². The zero-order valence-corrected chi connectivity index (χ0v) is 9.63. The van der Waals surface area contributed by atoms with Crippen LogP contribution >= 0.6 is 23.2 Å². The Balaban J connectivity index is 2.29. The smallest absolute Gasteiger partial charge is 0.225 e. The molecule has 5 heteroatoms. The van der Waals surface area contributed by atoms with E-state index in [9.17, 15) is 0 Å². The van der Waals surface area contributed by atoms with Crippen LogP contribution in [-0.4, -0.2) is 17.0 Å². The summed E-state index contributed by atoms with van der Waals surface area (Å²) in [5.74, 6) is 0.704. The fraction of sp³-hybridized carbons (Fsp3) is 0.200. The van der Waals surface area contributed by atoms with E-state index in [0.29, 0.717) is 11.0 Å². The van der Waals surface area contributed by atoms with Crippen LogP contribution in [0.15, 0.2) is 30.0 Å². The first-order valence-electron chi connectivity index (χ1n) is 4.46. The summed E-state index contributed by atoms with van der Waals surface area (Å²) in [5, 5.41) is 0.513. The predicted octanol–water partition coefficient (Wildman–Crippen LogP) is 3.06. The summed E-state index contributed by atoms with van der Waals surface area (Å²) in [5.41, 5.74) is 1.15. The van der Waals surface area contributed by atoms with Gasteiger partial charge in [0.15, 0.2) is 0 Å². The lowest BCUT2D eigenvalue weighted by Gasteiger charge is -2.19. The lowest BCUT2D eigenvalue weighted by atomic mass is 10.3. The average molecular weight is 242 g/mol. The normalized spacial score (nSPS) is 14.2. The van der Waals surface area contributed by atoms with Gasteiger partial charge >= 0.3 is 0 Å². The second-order valence-corrected chi connectivity index (χ2v) is 3.89. The summed E-state index contributed by atoms with van der Waals surface area (Å²) in [7, 11) is 1.92. The molecule has 0 bridgehead atoms. The first-order valence-corrected chi connectivity index (χ1v) is 5.22. The van der Waals surface area contributed by atoms with E-state index in [4.69, 9.17) is 23.2 Å². The van der Waals surface area contributed by atoms with Crippen LogP contribution in [0.25, 0.3) is 0 Å². The molecular formula is C10H9Cl2N3. The van der Waals surface area contributed by atoms with Gasteiger partial charge in [-0.2, -0.15) is 0 Å². The zero-order chi connectivity index (χ0) is 10.8. The maximum absolute atomic E-state index is 5.80. The molecule has 0 fully saturated rings. The minimum atomic E-state index is 0.163. The van der Waals surface area contributed by atoms with Crippen LogP contribution in [0.4, 0.5) is 5.82 Å². The maximum atomic E-state index is 5.80. The molecule has 0 atom stereocenters. The van der Waals surface area contributed by atoms with Crippen molar-refractivity contribution < 1.29 is 0 Å². The summed E-state index contributed by atoms with van der Waals surface area (Å²) in [6.07, 6.45) is 7.02. The number of halogens is 2. The third-order valence-electron chi connectivity index (χ3n) is 2.18. The van der Waals surface area contributed by atoms with Crippen LogP contribution in [-0.2, 0) is 0 Å². The molecule has 0 aliphatic heterocycles. The first-order chi connectivity index (χ1) is 7.16. The Hall–Kier alpha value is -1.06. The number of hydrogen-bond donors (Lipinski definition) is 0. The van der Waals surface area contributed by atoms with Gasteiger partial charge in [0.05, 0.1) is 0 Å². The topological polar surface area (TPSA) is 29.0 Å². The largest absolute Gasteiger partial charge is 0.333 e. The van der Waals surface area contributed by atoms with E-state index >= 15 is 0 Å². The van der Waals surface area contributed by atoms with E-state index in [1.165, 1.54) is 0 Å². The average Bonchev–Trinajstić information content (AvgIpc) is 2.67. The van der Waals surface area contributed by atoms with Crippen molar-refractivity contribution in [2.75, 3.05) is 11.9 Å². The Labute approximate surface area is 98.0 Å².